The van der Waals surface area contributed by atoms with E-state index in [9.17, 15) is 5.11 Å². The first-order chi connectivity index (χ1) is 49.9. The van der Waals surface area contributed by atoms with E-state index in [0.717, 1.165) is 44.5 Å². The quantitative estimate of drug-likeness (QED) is 0.0365. The summed E-state index contributed by atoms with van der Waals surface area (Å²) >= 11 is 0. The van der Waals surface area contributed by atoms with Crippen LogP contribution < -0.4 is 9.47 Å². The molecule has 0 bridgehead atoms. The normalized spacial score (nSPS) is 25.1. The molecule has 3 aliphatic heterocycles. The summed E-state index contributed by atoms with van der Waals surface area (Å²) in [5.74, 6) is 1.13. The fourth-order valence-electron chi connectivity index (χ4n) is 12.5. The van der Waals surface area contributed by atoms with Crippen molar-refractivity contribution in [3.63, 3.8) is 0 Å². The van der Waals surface area contributed by atoms with Gasteiger partial charge in [-0.1, -0.05) is 249 Å². The summed E-state index contributed by atoms with van der Waals surface area (Å²) in [6, 6.07) is 86.2. The molecule has 3 saturated heterocycles. The highest BCUT2D eigenvalue weighted by molar-refractivity contribution is 5.31. The monoisotopic (exact) mass is 1370 g/mol. The van der Waals surface area contributed by atoms with Gasteiger partial charge in [0.2, 0.25) is 0 Å². The highest BCUT2D eigenvalue weighted by Crippen LogP contribution is 2.40. The molecule has 15 atom stereocenters. The molecule has 17 heteroatoms. The van der Waals surface area contributed by atoms with Gasteiger partial charge in [0.1, 0.15) is 91.4 Å². The van der Waals surface area contributed by atoms with Crippen molar-refractivity contribution in [1.82, 2.24) is 0 Å². The number of benzene rings is 9. The number of aliphatic hydroxyl groups is 1. The molecule has 0 unspecified atom stereocenters. The van der Waals surface area contributed by atoms with Gasteiger partial charge in [-0.2, -0.15) is 0 Å². The summed E-state index contributed by atoms with van der Waals surface area (Å²) in [5, 5.41) is 13.4. The summed E-state index contributed by atoms with van der Waals surface area (Å²) < 4.78 is 112. The van der Waals surface area contributed by atoms with Crippen LogP contribution in [0.15, 0.2) is 280 Å². The molecule has 1 N–H and O–H groups in total. The van der Waals surface area contributed by atoms with Crippen LogP contribution in [0.25, 0.3) is 0 Å². The number of aliphatic hydroxyl groups excluding tert-OH is 1. The molecule has 17 nitrogen and oxygen atoms in total. The van der Waals surface area contributed by atoms with Crippen LogP contribution in [0.4, 0.5) is 0 Å². The molecule has 3 fully saturated rings. The standard InChI is InChI=1S/C84H90O17/c1-3-48-89-83-81(96-56-67-42-26-11-27-43-67)79(101-84-80(95-55-66-40-24-10-25-41-66)78(94-54-65-38-22-9-23-39-65)75(92-52-63-34-18-7-19-35-63)71(99-84)58-88-50-61-30-14-5-15-31-61)76(72(98-83)59-90-69-46-44-68(86-2)45-47-69)100-82-73(85)77(93-53-64-36-20-8-21-37-64)74(91-51-62-32-16-6-17-33-62)70(97-82)57-87-49-60-28-12-4-13-29-60/h3-47,70-85H,1,48-59H2,2H3/t70-,71-,72-,73-,74-,75-,76-,77-,78+,79+,80-,81-,82+,83+,84+/m1/s1. The molecule has 9 aromatic carbocycles. The maximum Gasteiger partial charge on any atom is 0.187 e. The number of ether oxygens (including phenoxy) is 16. The maximum atomic E-state index is 13.4. The second-order valence-corrected chi connectivity index (χ2v) is 25.0. The minimum Gasteiger partial charge on any atom is -0.497 e. The Morgan fingerprint density at radius 2 is 0.614 bits per heavy atom. The van der Waals surface area contributed by atoms with Gasteiger partial charge in [-0.25, -0.2) is 0 Å². The largest absolute Gasteiger partial charge is 0.497 e. The molecule has 3 heterocycles. The fourth-order valence-corrected chi connectivity index (χ4v) is 12.5. The van der Waals surface area contributed by atoms with Crippen molar-refractivity contribution in [2.75, 3.05) is 33.5 Å². The molecule has 12 rings (SSSR count). The Bertz CT molecular complexity index is 3740. The predicted octanol–water partition coefficient (Wildman–Crippen LogP) is 13.5. The zero-order valence-corrected chi connectivity index (χ0v) is 56.8. The Labute approximate surface area is 592 Å². The molecule has 528 valence electrons. The molecule has 0 aromatic heterocycles. The van der Waals surface area contributed by atoms with E-state index >= 15 is 0 Å². The van der Waals surface area contributed by atoms with Gasteiger partial charge in [0.05, 0.1) is 79.8 Å². The number of hydrogen-bond donors (Lipinski definition) is 1. The lowest BCUT2D eigenvalue weighted by Crippen LogP contribution is -2.68. The average molecular weight is 1370 g/mol. The van der Waals surface area contributed by atoms with E-state index in [1.54, 1.807) is 25.3 Å². The SMILES string of the molecule is C=CCO[C@H]1O[C@H](COc2ccc(OC)cc2)[C@@H](O[C@@H]2O[C@H](COCc3ccccc3)[C@@H](OCc3ccccc3)[C@H](OCc3ccccc3)[C@H]2O)[C@H](O[C@@H]2O[C@H](COCc3ccccc3)[C@@H](OCc3ccccc3)[C@H](OCc3ccccc3)[C@H]2OCc2ccccc2)[C@H]1OCc1ccccc1. The van der Waals surface area contributed by atoms with E-state index < -0.39 is 92.1 Å². The van der Waals surface area contributed by atoms with Crippen molar-refractivity contribution in [3.05, 3.63) is 324 Å². The Morgan fingerprint density at radius 3 is 1.01 bits per heavy atom. The average Bonchev–Trinajstić information content (AvgIpc) is 0.764. The second-order valence-electron chi connectivity index (χ2n) is 25.0. The lowest BCUT2D eigenvalue weighted by atomic mass is 9.95. The summed E-state index contributed by atoms with van der Waals surface area (Å²) in [5.41, 5.74) is 7.28. The van der Waals surface area contributed by atoms with Crippen molar-refractivity contribution in [1.29, 1.82) is 0 Å². The Hall–Kier alpha value is -8.28. The number of rotatable bonds is 37. The van der Waals surface area contributed by atoms with Crippen LogP contribution in [0.1, 0.15) is 44.5 Å². The van der Waals surface area contributed by atoms with Crippen molar-refractivity contribution >= 4 is 0 Å². The first kappa shape index (κ1) is 72.5. The van der Waals surface area contributed by atoms with Gasteiger partial charge in [0, 0.05) is 0 Å². The molecule has 0 radical (unpaired) electrons. The third-order valence-electron chi connectivity index (χ3n) is 17.7. The van der Waals surface area contributed by atoms with Crippen LogP contribution >= 0.6 is 0 Å². The van der Waals surface area contributed by atoms with Gasteiger partial charge >= 0.3 is 0 Å². The van der Waals surface area contributed by atoms with Crippen molar-refractivity contribution in [2.24, 2.45) is 0 Å². The Morgan fingerprint density at radius 1 is 0.307 bits per heavy atom. The fraction of sp³-hybridized carbons (Fsp3) is 0.333. The van der Waals surface area contributed by atoms with Gasteiger partial charge in [-0.05, 0) is 68.8 Å². The van der Waals surface area contributed by atoms with Gasteiger partial charge in [-0.15, -0.1) is 6.58 Å². The minimum atomic E-state index is -1.54. The maximum absolute atomic E-state index is 13.4. The first-order valence-corrected chi connectivity index (χ1v) is 34.5. The molecule has 0 spiro atoms. The van der Waals surface area contributed by atoms with Crippen LogP contribution in [0.3, 0.4) is 0 Å². The molecule has 101 heavy (non-hydrogen) atoms. The van der Waals surface area contributed by atoms with E-state index in [4.69, 9.17) is 75.8 Å². The van der Waals surface area contributed by atoms with Crippen molar-refractivity contribution < 1.29 is 80.9 Å². The van der Waals surface area contributed by atoms with E-state index in [0.29, 0.717) is 11.5 Å². The number of methoxy groups -OCH3 is 1. The van der Waals surface area contributed by atoms with Gasteiger partial charge in [0.15, 0.2) is 18.9 Å². The summed E-state index contributed by atoms with van der Waals surface area (Å²) in [6.45, 7) is 5.28. The number of hydrogen-bond acceptors (Lipinski definition) is 17. The summed E-state index contributed by atoms with van der Waals surface area (Å²) in [6.07, 6.45) is -15.3. The first-order valence-electron chi connectivity index (χ1n) is 34.5. The van der Waals surface area contributed by atoms with Gasteiger partial charge in [0.25, 0.3) is 0 Å². The van der Waals surface area contributed by atoms with E-state index in [1.807, 2.05) is 255 Å². The molecular formula is C84H90O17. The molecule has 3 aliphatic rings. The van der Waals surface area contributed by atoms with Crippen LogP contribution in [0.2, 0.25) is 0 Å². The predicted molar refractivity (Wildman–Crippen MR) is 379 cm³/mol. The Balaban J connectivity index is 0.982. The summed E-state index contributed by atoms with van der Waals surface area (Å²) in [7, 11) is 1.60. The topological polar surface area (TPSA) is 168 Å². The van der Waals surface area contributed by atoms with Gasteiger partial charge in [-0.3, -0.25) is 0 Å². The molecule has 0 saturated carbocycles. The van der Waals surface area contributed by atoms with Crippen LogP contribution in [0.5, 0.6) is 11.5 Å². The highest BCUT2D eigenvalue weighted by atomic mass is 16.8. The lowest BCUT2D eigenvalue weighted by Gasteiger charge is -2.51. The van der Waals surface area contributed by atoms with E-state index in [1.165, 1.54) is 0 Å². The third-order valence-corrected chi connectivity index (χ3v) is 17.7. The van der Waals surface area contributed by atoms with Gasteiger partial charge < -0.3 is 80.9 Å². The van der Waals surface area contributed by atoms with Crippen molar-refractivity contribution in [2.45, 2.75) is 145 Å². The van der Waals surface area contributed by atoms with E-state index in [-0.39, 0.29) is 79.3 Å². The smallest absolute Gasteiger partial charge is 0.187 e. The summed E-state index contributed by atoms with van der Waals surface area (Å²) in [4.78, 5) is 0. The zero-order valence-electron chi connectivity index (χ0n) is 56.8. The molecule has 0 aliphatic carbocycles. The van der Waals surface area contributed by atoms with Crippen LogP contribution in [-0.2, 0) is 119 Å². The minimum absolute atomic E-state index is 0.000526. The molecular weight excluding hydrogens is 1280 g/mol. The second kappa shape index (κ2) is 38.7. The lowest BCUT2D eigenvalue weighted by molar-refractivity contribution is -0.397. The third kappa shape index (κ3) is 21.2. The van der Waals surface area contributed by atoms with E-state index in [2.05, 4.69) is 6.58 Å². The van der Waals surface area contributed by atoms with Crippen LogP contribution in [0, 0.1) is 0 Å². The van der Waals surface area contributed by atoms with Crippen LogP contribution in [-0.4, -0.2) is 131 Å². The molecule has 0 amide bonds. The highest BCUT2D eigenvalue weighted by Gasteiger charge is 2.57. The molecule has 9 aromatic rings. The Kier molecular flexibility index (Phi) is 27.8. The zero-order chi connectivity index (χ0) is 69.1. The van der Waals surface area contributed by atoms with Crippen molar-refractivity contribution in [3.8, 4) is 11.5 Å².